The number of fused-ring (bicyclic) bond motifs is 6. The first-order chi connectivity index (χ1) is 23.8. The van der Waals surface area contributed by atoms with Crippen LogP contribution in [0.1, 0.15) is 0 Å². The van der Waals surface area contributed by atoms with Gasteiger partial charge in [-0.25, -0.2) is 15.0 Å². The van der Waals surface area contributed by atoms with Gasteiger partial charge in [0.05, 0.1) is 0 Å². The van der Waals surface area contributed by atoms with Crippen LogP contribution in [-0.4, -0.2) is 15.0 Å². The summed E-state index contributed by atoms with van der Waals surface area (Å²) in [6.07, 6.45) is 0. The Kier molecular flexibility index (Phi) is 6.80. The van der Waals surface area contributed by atoms with Crippen LogP contribution in [0.15, 0.2) is 176 Å². The zero-order valence-corrected chi connectivity index (χ0v) is 26.1. The fourth-order valence-electron chi connectivity index (χ4n) is 6.80. The first kappa shape index (κ1) is 27.8. The molecule has 0 spiro atoms. The minimum atomic E-state index is 0.641. The van der Waals surface area contributed by atoms with E-state index < -0.39 is 0 Å². The maximum Gasteiger partial charge on any atom is 0.164 e. The van der Waals surface area contributed by atoms with Crippen molar-refractivity contribution in [3.05, 3.63) is 176 Å². The summed E-state index contributed by atoms with van der Waals surface area (Å²) in [6.45, 7) is 0. The van der Waals surface area contributed by atoms with Gasteiger partial charge in [0.25, 0.3) is 0 Å². The van der Waals surface area contributed by atoms with E-state index in [0.717, 1.165) is 33.4 Å². The third-order valence-corrected chi connectivity index (χ3v) is 9.12. The maximum atomic E-state index is 5.02. The Morgan fingerprint density at radius 3 is 1.15 bits per heavy atom. The van der Waals surface area contributed by atoms with Crippen molar-refractivity contribution in [2.75, 3.05) is 0 Å². The SMILES string of the molecule is c1ccc(-c2nc(-c3ccccc3)nc(-c3ccc(-c4ccc5c6ccccc6c6ccccc6c5c4)c(-c4ccccc4)c3)n2)cc1. The molecule has 0 aliphatic carbocycles. The summed E-state index contributed by atoms with van der Waals surface area (Å²) >= 11 is 0. The average Bonchev–Trinajstić information content (AvgIpc) is 3.18. The highest BCUT2D eigenvalue weighted by atomic mass is 15.0. The fourth-order valence-corrected chi connectivity index (χ4v) is 6.80. The second kappa shape index (κ2) is 11.7. The van der Waals surface area contributed by atoms with Gasteiger partial charge in [-0.1, -0.05) is 164 Å². The molecule has 0 radical (unpaired) electrons. The normalized spacial score (nSPS) is 11.3. The molecule has 224 valence electrons. The molecule has 0 aliphatic heterocycles. The van der Waals surface area contributed by atoms with Crippen LogP contribution < -0.4 is 0 Å². The lowest BCUT2D eigenvalue weighted by molar-refractivity contribution is 1.07. The summed E-state index contributed by atoms with van der Waals surface area (Å²) in [5.41, 5.74) is 7.43. The zero-order valence-electron chi connectivity index (χ0n) is 26.1. The topological polar surface area (TPSA) is 38.7 Å². The molecule has 0 saturated carbocycles. The zero-order chi connectivity index (χ0) is 31.9. The Bertz CT molecular complexity index is 2500. The Hall–Kier alpha value is -6.45. The Morgan fingerprint density at radius 2 is 0.625 bits per heavy atom. The highest BCUT2D eigenvalue weighted by Crippen LogP contribution is 2.40. The van der Waals surface area contributed by atoms with Crippen LogP contribution in [0.4, 0.5) is 0 Å². The molecule has 0 atom stereocenters. The summed E-state index contributed by atoms with van der Waals surface area (Å²) in [5.74, 6) is 1.94. The van der Waals surface area contributed by atoms with Crippen LogP contribution in [0.25, 0.3) is 88.7 Å². The van der Waals surface area contributed by atoms with Crippen LogP contribution in [-0.2, 0) is 0 Å². The molecule has 0 amide bonds. The molecule has 3 nitrogen and oxygen atoms in total. The molecule has 0 N–H and O–H groups in total. The largest absolute Gasteiger partial charge is 0.208 e. The molecule has 0 bridgehead atoms. The quantitative estimate of drug-likeness (QED) is 0.182. The minimum Gasteiger partial charge on any atom is -0.208 e. The van der Waals surface area contributed by atoms with Crippen molar-refractivity contribution in [3.63, 3.8) is 0 Å². The molecular weight excluding hydrogens is 583 g/mol. The fraction of sp³-hybridized carbons (Fsp3) is 0. The van der Waals surface area contributed by atoms with Crippen LogP contribution in [0, 0.1) is 0 Å². The minimum absolute atomic E-state index is 0.641. The second-order valence-corrected chi connectivity index (χ2v) is 12.0. The van der Waals surface area contributed by atoms with Gasteiger partial charge in [0.2, 0.25) is 0 Å². The van der Waals surface area contributed by atoms with E-state index in [1.165, 1.54) is 37.9 Å². The predicted octanol–water partition coefficient (Wildman–Crippen LogP) is 11.7. The number of nitrogens with zero attached hydrogens (tertiary/aromatic N) is 3. The molecule has 1 heterocycles. The van der Waals surface area contributed by atoms with Crippen molar-refractivity contribution >= 4 is 32.3 Å². The van der Waals surface area contributed by atoms with E-state index in [0.29, 0.717) is 17.5 Å². The third kappa shape index (κ3) is 4.90. The van der Waals surface area contributed by atoms with Crippen molar-refractivity contribution in [3.8, 4) is 56.4 Å². The molecule has 9 rings (SSSR count). The summed E-state index contributed by atoms with van der Waals surface area (Å²) in [6, 6.07) is 61.8. The van der Waals surface area contributed by atoms with Crippen molar-refractivity contribution in [2.45, 2.75) is 0 Å². The standard InChI is InChI=1S/C45H29N3/c1-4-14-30(15-5-1)41-29-34(45-47-43(31-16-6-2-7-17-31)46-44(48-45)32-18-8-3-9-19-32)25-26-35(41)33-24-27-40-38-22-11-10-20-36(38)37-21-12-13-23-39(37)42(40)28-33/h1-29H. The summed E-state index contributed by atoms with van der Waals surface area (Å²) in [5, 5.41) is 7.60. The van der Waals surface area contributed by atoms with Crippen LogP contribution in [0.2, 0.25) is 0 Å². The van der Waals surface area contributed by atoms with Gasteiger partial charge in [-0.05, 0) is 66.7 Å². The molecule has 48 heavy (non-hydrogen) atoms. The Morgan fingerprint density at radius 1 is 0.229 bits per heavy atom. The lowest BCUT2D eigenvalue weighted by atomic mass is 9.89. The van der Waals surface area contributed by atoms with Gasteiger partial charge in [-0.3, -0.25) is 0 Å². The summed E-state index contributed by atoms with van der Waals surface area (Å²) in [7, 11) is 0. The number of hydrogen-bond acceptors (Lipinski definition) is 3. The van der Waals surface area contributed by atoms with Crippen LogP contribution in [0.5, 0.6) is 0 Å². The number of hydrogen-bond donors (Lipinski definition) is 0. The van der Waals surface area contributed by atoms with E-state index in [1.807, 2.05) is 60.7 Å². The van der Waals surface area contributed by atoms with E-state index in [2.05, 4.69) is 115 Å². The first-order valence-corrected chi connectivity index (χ1v) is 16.2. The maximum absolute atomic E-state index is 5.02. The van der Waals surface area contributed by atoms with E-state index in [-0.39, 0.29) is 0 Å². The van der Waals surface area contributed by atoms with E-state index in [1.54, 1.807) is 0 Å². The van der Waals surface area contributed by atoms with Gasteiger partial charge in [-0.2, -0.15) is 0 Å². The number of benzene rings is 8. The molecule has 3 heteroatoms. The molecule has 0 fully saturated rings. The smallest absolute Gasteiger partial charge is 0.164 e. The van der Waals surface area contributed by atoms with Crippen molar-refractivity contribution in [2.24, 2.45) is 0 Å². The molecule has 0 aliphatic rings. The Labute approximate surface area is 278 Å². The van der Waals surface area contributed by atoms with Gasteiger partial charge >= 0.3 is 0 Å². The van der Waals surface area contributed by atoms with Crippen LogP contribution >= 0.6 is 0 Å². The van der Waals surface area contributed by atoms with Gasteiger partial charge in [0.15, 0.2) is 17.5 Å². The molecule has 0 saturated heterocycles. The highest BCUT2D eigenvalue weighted by molar-refractivity contribution is 6.25. The highest BCUT2D eigenvalue weighted by Gasteiger charge is 2.16. The van der Waals surface area contributed by atoms with Crippen molar-refractivity contribution in [1.29, 1.82) is 0 Å². The summed E-state index contributed by atoms with van der Waals surface area (Å²) < 4.78 is 0. The average molecular weight is 612 g/mol. The predicted molar refractivity (Wildman–Crippen MR) is 200 cm³/mol. The molecular formula is C45H29N3. The first-order valence-electron chi connectivity index (χ1n) is 16.2. The van der Waals surface area contributed by atoms with Crippen LogP contribution in [0.3, 0.4) is 0 Å². The second-order valence-electron chi connectivity index (χ2n) is 12.0. The van der Waals surface area contributed by atoms with Gasteiger partial charge in [0, 0.05) is 16.7 Å². The van der Waals surface area contributed by atoms with Crippen molar-refractivity contribution in [1.82, 2.24) is 15.0 Å². The van der Waals surface area contributed by atoms with Crippen molar-refractivity contribution < 1.29 is 0 Å². The Balaban J connectivity index is 1.26. The molecule has 8 aromatic carbocycles. The summed E-state index contributed by atoms with van der Waals surface area (Å²) in [4.78, 5) is 14.9. The van der Waals surface area contributed by atoms with E-state index in [4.69, 9.17) is 15.0 Å². The van der Waals surface area contributed by atoms with E-state index in [9.17, 15) is 0 Å². The number of rotatable bonds is 5. The molecule has 9 aromatic rings. The number of aromatic nitrogens is 3. The van der Waals surface area contributed by atoms with Gasteiger partial charge in [-0.15, -0.1) is 0 Å². The third-order valence-electron chi connectivity index (χ3n) is 9.12. The van der Waals surface area contributed by atoms with E-state index >= 15 is 0 Å². The van der Waals surface area contributed by atoms with Gasteiger partial charge < -0.3 is 0 Å². The molecule has 1 aromatic heterocycles. The van der Waals surface area contributed by atoms with Gasteiger partial charge in [0.1, 0.15) is 0 Å². The lowest BCUT2D eigenvalue weighted by Crippen LogP contribution is -2.00. The monoisotopic (exact) mass is 611 g/mol. The lowest BCUT2D eigenvalue weighted by Gasteiger charge is -2.16. The molecule has 0 unspecified atom stereocenters.